The minimum absolute atomic E-state index is 0.105. The highest BCUT2D eigenvalue weighted by Gasteiger charge is 2.24. The highest BCUT2D eigenvalue weighted by molar-refractivity contribution is 5.40. The molecule has 1 aromatic rings. The molecule has 1 aliphatic carbocycles. The van der Waals surface area contributed by atoms with E-state index in [4.69, 9.17) is 0 Å². The molecule has 2 aliphatic rings. The fraction of sp³-hybridized carbons (Fsp3) is 0.722. The van der Waals surface area contributed by atoms with Gasteiger partial charge in [-0.2, -0.15) is 0 Å². The number of rotatable bonds is 5. The van der Waals surface area contributed by atoms with Gasteiger partial charge in [0.2, 0.25) is 0 Å². The summed E-state index contributed by atoms with van der Waals surface area (Å²) >= 11 is 0. The van der Waals surface area contributed by atoms with E-state index in [1.165, 1.54) is 31.2 Å². The zero-order valence-electron chi connectivity index (χ0n) is 13.7. The van der Waals surface area contributed by atoms with Crippen LogP contribution in [0.25, 0.3) is 0 Å². The second kappa shape index (κ2) is 7.42. The Morgan fingerprint density at radius 2 is 1.95 bits per heavy atom. The average molecular weight is 303 g/mol. The van der Waals surface area contributed by atoms with E-state index in [1.807, 2.05) is 6.20 Å². The van der Waals surface area contributed by atoms with Gasteiger partial charge in [0.05, 0.1) is 6.10 Å². The third-order valence-corrected chi connectivity index (χ3v) is 5.11. The van der Waals surface area contributed by atoms with Gasteiger partial charge >= 0.3 is 0 Å². The summed E-state index contributed by atoms with van der Waals surface area (Å²) in [6.07, 6.45) is 9.08. The summed E-state index contributed by atoms with van der Waals surface area (Å²) in [5.74, 6) is 1.56. The van der Waals surface area contributed by atoms with Crippen molar-refractivity contribution in [1.29, 1.82) is 0 Å². The Hall–Kier alpha value is -1.13. The van der Waals surface area contributed by atoms with Gasteiger partial charge in [0.25, 0.3) is 0 Å². The molecular weight excluding hydrogens is 274 g/mol. The molecule has 4 heteroatoms. The lowest BCUT2D eigenvalue weighted by Gasteiger charge is -2.31. The molecule has 1 N–H and O–H groups in total. The third-order valence-electron chi connectivity index (χ3n) is 5.11. The molecular formula is C18H29N3O. The molecule has 4 nitrogen and oxygen atoms in total. The fourth-order valence-electron chi connectivity index (χ4n) is 3.82. The predicted octanol–water partition coefficient (Wildman–Crippen LogP) is 2.66. The Morgan fingerprint density at radius 1 is 1.18 bits per heavy atom. The normalized spacial score (nSPS) is 25.9. The van der Waals surface area contributed by atoms with Gasteiger partial charge in [-0.3, -0.25) is 0 Å². The predicted molar refractivity (Wildman–Crippen MR) is 90.0 cm³/mol. The standard InChI is InChI=1S/C18H29N3O/c1-20(14-16-6-2-3-7-17(16)22)13-15-8-9-18(19-12-15)21-10-4-5-11-21/h8-9,12,16-17,22H,2-7,10-11,13-14H2,1H3. The molecule has 2 fully saturated rings. The zero-order valence-corrected chi connectivity index (χ0v) is 13.7. The summed E-state index contributed by atoms with van der Waals surface area (Å²) < 4.78 is 0. The largest absolute Gasteiger partial charge is 0.393 e. The van der Waals surface area contributed by atoms with Gasteiger partial charge < -0.3 is 14.9 Å². The number of pyridine rings is 1. The van der Waals surface area contributed by atoms with E-state index < -0.39 is 0 Å². The van der Waals surface area contributed by atoms with Crippen molar-refractivity contribution in [3.8, 4) is 0 Å². The number of anilines is 1. The van der Waals surface area contributed by atoms with E-state index in [0.717, 1.165) is 44.8 Å². The maximum atomic E-state index is 10.1. The topological polar surface area (TPSA) is 39.6 Å². The minimum Gasteiger partial charge on any atom is -0.393 e. The van der Waals surface area contributed by atoms with Crippen molar-refractivity contribution < 1.29 is 5.11 Å². The van der Waals surface area contributed by atoms with Crippen LogP contribution in [0.5, 0.6) is 0 Å². The molecule has 3 rings (SSSR count). The summed E-state index contributed by atoms with van der Waals surface area (Å²) in [7, 11) is 2.15. The molecule has 122 valence electrons. The number of aromatic nitrogens is 1. The molecule has 0 amide bonds. The minimum atomic E-state index is -0.105. The van der Waals surface area contributed by atoms with Crippen LogP contribution < -0.4 is 4.90 Å². The lowest BCUT2D eigenvalue weighted by atomic mass is 9.86. The molecule has 1 saturated heterocycles. The number of nitrogens with zero attached hydrogens (tertiary/aromatic N) is 3. The number of aliphatic hydroxyl groups is 1. The average Bonchev–Trinajstić information content (AvgIpc) is 3.05. The Labute approximate surface area is 134 Å². The number of aliphatic hydroxyl groups excluding tert-OH is 1. The van der Waals surface area contributed by atoms with Crippen LogP contribution >= 0.6 is 0 Å². The molecule has 2 heterocycles. The first-order valence-electron chi connectivity index (χ1n) is 8.79. The van der Waals surface area contributed by atoms with E-state index >= 15 is 0 Å². The lowest BCUT2D eigenvalue weighted by Crippen LogP contribution is -2.34. The summed E-state index contributed by atoms with van der Waals surface area (Å²) in [6, 6.07) is 4.36. The highest BCUT2D eigenvalue weighted by Crippen LogP contribution is 2.25. The van der Waals surface area contributed by atoms with Crippen molar-refractivity contribution >= 4 is 5.82 Å². The number of hydrogen-bond acceptors (Lipinski definition) is 4. The van der Waals surface area contributed by atoms with Crippen LogP contribution in [-0.4, -0.2) is 47.8 Å². The molecule has 0 aromatic carbocycles. The van der Waals surface area contributed by atoms with Crippen molar-refractivity contribution in [2.45, 2.75) is 51.2 Å². The smallest absolute Gasteiger partial charge is 0.128 e. The van der Waals surface area contributed by atoms with Crippen molar-refractivity contribution in [2.75, 3.05) is 31.6 Å². The van der Waals surface area contributed by atoms with Gasteiger partial charge in [-0.05, 0) is 50.3 Å². The van der Waals surface area contributed by atoms with Gasteiger partial charge in [-0.25, -0.2) is 4.98 Å². The van der Waals surface area contributed by atoms with Crippen LogP contribution in [0.15, 0.2) is 18.3 Å². The fourth-order valence-corrected chi connectivity index (χ4v) is 3.82. The maximum absolute atomic E-state index is 10.1. The maximum Gasteiger partial charge on any atom is 0.128 e. The number of hydrogen-bond donors (Lipinski definition) is 1. The molecule has 1 saturated carbocycles. The van der Waals surface area contributed by atoms with E-state index in [-0.39, 0.29) is 6.10 Å². The summed E-state index contributed by atoms with van der Waals surface area (Å²) in [5, 5.41) is 10.1. The van der Waals surface area contributed by atoms with E-state index in [1.54, 1.807) is 0 Å². The lowest BCUT2D eigenvalue weighted by molar-refractivity contribution is 0.0501. The summed E-state index contributed by atoms with van der Waals surface area (Å²) in [5.41, 5.74) is 1.26. The summed E-state index contributed by atoms with van der Waals surface area (Å²) in [6.45, 7) is 4.18. The third kappa shape index (κ3) is 3.99. The monoisotopic (exact) mass is 303 g/mol. The molecule has 1 aliphatic heterocycles. The van der Waals surface area contributed by atoms with Gasteiger partial charge in [-0.15, -0.1) is 0 Å². The zero-order chi connectivity index (χ0) is 15.4. The van der Waals surface area contributed by atoms with E-state index in [0.29, 0.717) is 5.92 Å². The van der Waals surface area contributed by atoms with Crippen molar-refractivity contribution in [2.24, 2.45) is 5.92 Å². The molecule has 0 spiro atoms. The van der Waals surface area contributed by atoms with Crippen molar-refractivity contribution in [3.63, 3.8) is 0 Å². The quantitative estimate of drug-likeness (QED) is 0.908. The Bertz CT molecular complexity index is 456. The molecule has 1 aromatic heterocycles. The van der Waals surface area contributed by atoms with Crippen molar-refractivity contribution in [3.05, 3.63) is 23.9 Å². The van der Waals surface area contributed by atoms with Crippen LogP contribution in [0, 0.1) is 5.92 Å². The van der Waals surface area contributed by atoms with Crippen LogP contribution in [0.3, 0.4) is 0 Å². The molecule has 22 heavy (non-hydrogen) atoms. The molecule has 2 unspecified atom stereocenters. The first-order valence-corrected chi connectivity index (χ1v) is 8.79. The Morgan fingerprint density at radius 3 is 2.64 bits per heavy atom. The first-order chi connectivity index (χ1) is 10.7. The van der Waals surface area contributed by atoms with Gasteiger partial charge in [0, 0.05) is 32.4 Å². The molecule has 0 radical (unpaired) electrons. The second-order valence-corrected chi connectivity index (χ2v) is 7.03. The summed E-state index contributed by atoms with van der Waals surface area (Å²) in [4.78, 5) is 9.32. The Balaban J connectivity index is 1.51. The first kappa shape index (κ1) is 15.8. The van der Waals surface area contributed by atoms with Crippen LogP contribution in [0.4, 0.5) is 5.82 Å². The van der Waals surface area contributed by atoms with E-state index in [9.17, 15) is 5.11 Å². The second-order valence-electron chi connectivity index (χ2n) is 7.03. The molecule has 0 bridgehead atoms. The van der Waals surface area contributed by atoms with Gasteiger partial charge in [-0.1, -0.05) is 18.9 Å². The van der Waals surface area contributed by atoms with Crippen LogP contribution in [-0.2, 0) is 6.54 Å². The molecule has 2 atom stereocenters. The van der Waals surface area contributed by atoms with Gasteiger partial charge in [0.15, 0.2) is 0 Å². The Kier molecular flexibility index (Phi) is 5.32. The van der Waals surface area contributed by atoms with Crippen molar-refractivity contribution in [1.82, 2.24) is 9.88 Å². The van der Waals surface area contributed by atoms with Crippen LogP contribution in [0.2, 0.25) is 0 Å². The van der Waals surface area contributed by atoms with E-state index in [2.05, 4.69) is 34.0 Å². The highest BCUT2D eigenvalue weighted by atomic mass is 16.3. The van der Waals surface area contributed by atoms with Gasteiger partial charge in [0.1, 0.15) is 5.82 Å². The SMILES string of the molecule is CN(Cc1ccc(N2CCCC2)nc1)CC1CCCCC1O. The van der Waals surface area contributed by atoms with Crippen LogP contribution in [0.1, 0.15) is 44.1 Å².